The highest BCUT2D eigenvalue weighted by Crippen LogP contribution is 2.14. The van der Waals surface area contributed by atoms with Gasteiger partial charge in [-0.2, -0.15) is 5.10 Å². The van der Waals surface area contributed by atoms with Crippen molar-refractivity contribution in [1.82, 2.24) is 15.1 Å². The van der Waals surface area contributed by atoms with Crippen molar-refractivity contribution in [3.8, 4) is 0 Å². The Kier molecular flexibility index (Phi) is 5.68. The predicted molar refractivity (Wildman–Crippen MR) is 83.0 cm³/mol. The fraction of sp³-hybridized carbons (Fsp3) is 0.267. The van der Waals surface area contributed by atoms with Crippen LogP contribution in [0.5, 0.6) is 0 Å². The molecule has 1 N–H and O–H groups in total. The Balaban J connectivity index is 2.06. The molecule has 1 aromatic heterocycles. The SMILES string of the molecule is COCCn1nc(C(=O)NCc2ccccc2Cl)ccc1=O. The molecule has 0 fully saturated rings. The van der Waals surface area contributed by atoms with Crippen LogP contribution in [0.1, 0.15) is 16.1 Å². The van der Waals surface area contributed by atoms with Crippen molar-refractivity contribution in [1.29, 1.82) is 0 Å². The fourth-order valence-corrected chi connectivity index (χ4v) is 2.02. The van der Waals surface area contributed by atoms with Gasteiger partial charge in [0.1, 0.15) is 5.69 Å². The largest absolute Gasteiger partial charge is 0.383 e. The molecule has 1 amide bonds. The van der Waals surface area contributed by atoms with Crippen LogP contribution in [0.25, 0.3) is 0 Å². The summed E-state index contributed by atoms with van der Waals surface area (Å²) in [5.74, 6) is -0.369. The first-order chi connectivity index (χ1) is 10.6. The van der Waals surface area contributed by atoms with Crippen LogP contribution in [-0.4, -0.2) is 29.4 Å². The number of methoxy groups -OCH3 is 1. The van der Waals surface area contributed by atoms with Crippen LogP contribution in [0.4, 0.5) is 0 Å². The molecule has 0 aliphatic carbocycles. The van der Waals surface area contributed by atoms with E-state index in [-0.39, 0.29) is 23.7 Å². The number of aromatic nitrogens is 2. The molecule has 0 spiro atoms. The second-order valence-corrected chi connectivity index (χ2v) is 4.95. The Morgan fingerprint density at radius 2 is 2.09 bits per heavy atom. The Morgan fingerprint density at radius 1 is 1.32 bits per heavy atom. The van der Waals surface area contributed by atoms with Gasteiger partial charge in [-0.15, -0.1) is 0 Å². The summed E-state index contributed by atoms with van der Waals surface area (Å²) in [6, 6.07) is 9.96. The molecule has 0 aliphatic rings. The van der Waals surface area contributed by atoms with Gasteiger partial charge in [-0.05, 0) is 17.7 Å². The molecule has 0 bridgehead atoms. The maximum atomic E-state index is 12.1. The lowest BCUT2D eigenvalue weighted by atomic mass is 10.2. The topological polar surface area (TPSA) is 73.2 Å². The summed E-state index contributed by atoms with van der Waals surface area (Å²) < 4.78 is 6.11. The van der Waals surface area contributed by atoms with E-state index in [9.17, 15) is 9.59 Å². The van der Waals surface area contributed by atoms with E-state index in [4.69, 9.17) is 16.3 Å². The zero-order chi connectivity index (χ0) is 15.9. The Bertz CT molecular complexity index is 715. The third kappa shape index (κ3) is 4.16. The molecule has 7 heteroatoms. The van der Waals surface area contributed by atoms with Crippen molar-refractivity contribution in [3.05, 3.63) is 63.0 Å². The van der Waals surface area contributed by atoms with E-state index in [0.717, 1.165) is 5.56 Å². The second kappa shape index (κ2) is 7.72. The van der Waals surface area contributed by atoms with Crippen LogP contribution in [0.3, 0.4) is 0 Å². The van der Waals surface area contributed by atoms with Gasteiger partial charge in [-0.25, -0.2) is 4.68 Å². The molecule has 0 saturated carbocycles. The molecule has 1 aromatic carbocycles. The number of nitrogens with one attached hydrogen (secondary N) is 1. The number of benzene rings is 1. The van der Waals surface area contributed by atoms with Crippen LogP contribution in [0, 0.1) is 0 Å². The minimum absolute atomic E-state index is 0.169. The van der Waals surface area contributed by atoms with E-state index >= 15 is 0 Å². The third-order valence-corrected chi connectivity index (χ3v) is 3.37. The first-order valence-electron chi connectivity index (χ1n) is 6.70. The van der Waals surface area contributed by atoms with Gasteiger partial charge < -0.3 is 10.1 Å². The fourth-order valence-electron chi connectivity index (χ4n) is 1.82. The van der Waals surface area contributed by atoms with Crippen molar-refractivity contribution < 1.29 is 9.53 Å². The van der Waals surface area contributed by atoms with Crippen LogP contribution in [-0.2, 0) is 17.8 Å². The van der Waals surface area contributed by atoms with E-state index in [1.54, 1.807) is 6.07 Å². The Morgan fingerprint density at radius 3 is 2.82 bits per heavy atom. The van der Waals surface area contributed by atoms with Crippen molar-refractivity contribution in [2.45, 2.75) is 13.1 Å². The van der Waals surface area contributed by atoms with E-state index in [0.29, 0.717) is 18.2 Å². The quantitative estimate of drug-likeness (QED) is 0.874. The Hall–Kier alpha value is -2.18. The summed E-state index contributed by atoms with van der Waals surface area (Å²) in [6.07, 6.45) is 0. The monoisotopic (exact) mass is 321 g/mol. The molecule has 0 saturated heterocycles. The van der Waals surface area contributed by atoms with Crippen LogP contribution in [0.15, 0.2) is 41.2 Å². The summed E-state index contributed by atoms with van der Waals surface area (Å²) in [7, 11) is 1.53. The van der Waals surface area contributed by atoms with Crippen molar-refractivity contribution in [2.24, 2.45) is 0 Å². The molecular formula is C15H16ClN3O3. The zero-order valence-electron chi connectivity index (χ0n) is 12.1. The zero-order valence-corrected chi connectivity index (χ0v) is 12.8. The maximum Gasteiger partial charge on any atom is 0.271 e. The van der Waals surface area contributed by atoms with Gasteiger partial charge >= 0.3 is 0 Å². The summed E-state index contributed by atoms with van der Waals surface area (Å²) in [5, 5.41) is 7.33. The van der Waals surface area contributed by atoms with Gasteiger partial charge in [0.05, 0.1) is 13.2 Å². The summed E-state index contributed by atoms with van der Waals surface area (Å²) in [6.45, 7) is 0.927. The normalized spacial score (nSPS) is 10.5. The minimum atomic E-state index is -0.369. The molecule has 2 rings (SSSR count). The molecule has 0 atom stereocenters. The first kappa shape index (κ1) is 16.2. The lowest BCUT2D eigenvalue weighted by Gasteiger charge is -2.08. The molecule has 6 nitrogen and oxygen atoms in total. The lowest BCUT2D eigenvalue weighted by Crippen LogP contribution is -2.30. The van der Waals surface area contributed by atoms with E-state index in [2.05, 4.69) is 10.4 Å². The molecule has 0 radical (unpaired) electrons. The van der Waals surface area contributed by atoms with Gasteiger partial charge in [0.2, 0.25) is 0 Å². The van der Waals surface area contributed by atoms with Crippen molar-refractivity contribution in [3.63, 3.8) is 0 Å². The standard InChI is InChI=1S/C15H16ClN3O3/c1-22-9-8-19-14(20)7-6-13(18-19)15(21)17-10-11-4-2-3-5-12(11)16/h2-7H,8-10H2,1H3,(H,17,21). The van der Waals surface area contributed by atoms with Crippen LogP contribution < -0.4 is 10.9 Å². The predicted octanol–water partition coefficient (Wildman–Crippen LogP) is 1.47. The number of amides is 1. The number of hydrogen-bond acceptors (Lipinski definition) is 4. The smallest absolute Gasteiger partial charge is 0.271 e. The number of ether oxygens (including phenoxy) is 1. The summed E-state index contributed by atoms with van der Waals surface area (Å²) in [5.41, 5.74) is 0.702. The molecule has 22 heavy (non-hydrogen) atoms. The summed E-state index contributed by atoms with van der Waals surface area (Å²) >= 11 is 6.03. The van der Waals surface area contributed by atoms with E-state index in [1.165, 1.54) is 23.9 Å². The average molecular weight is 322 g/mol. The van der Waals surface area contributed by atoms with E-state index < -0.39 is 0 Å². The number of hydrogen-bond donors (Lipinski definition) is 1. The van der Waals surface area contributed by atoms with Crippen LogP contribution >= 0.6 is 11.6 Å². The number of rotatable bonds is 6. The van der Waals surface area contributed by atoms with Crippen LogP contribution in [0.2, 0.25) is 5.02 Å². The highest BCUT2D eigenvalue weighted by molar-refractivity contribution is 6.31. The van der Waals surface area contributed by atoms with Gasteiger partial charge in [-0.1, -0.05) is 29.8 Å². The van der Waals surface area contributed by atoms with Gasteiger partial charge in [0, 0.05) is 24.7 Å². The van der Waals surface area contributed by atoms with Gasteiger partial charge in [0.25, 0.3) is 11.5 Å². The second-order valence-electron chi connectivity index (χ2n) is 4.55. The van der Waals surface area contributed by atoms with E-state index in [1.807, 2.05) is 18.2 Å². The maximum absolute atomic E-state index is 12.1. The molecule has 0 unspecified atom stereocenters. The average Bonchev–Trinajstić information content (AvgIpc) is 2.53. The first-order valence-corrected chi connectivity index (χ1v) is 7.08. The minimum Gasteiger partial charge on any atom is -0.383 e. The number of nitrogens with zero attached hydrogens (tertiary/aromatic N) is 2. The highest BCUT2D eigenvalue weighted by atomic mass is 35.5. The molecule has 1 heterocycles. The number of carbonyl (C=O) groups excluding carboxylic acids is 1. The van der Waals surface area contributed by atoms with Gasteiger partial charge in [-0.3, -0.25) is 9.59 Å². The lowest BCUT2D eigenvalue weighted by molar-refractivity contribution is 0.0942. The number of carbonyl (C=O) groups is 1. The molecule has 2 aromatic rings. The molecule has 116 valence electrons. The van der Waals surface area contributed by atoms with Crippen molar-refractivity contribution >= 4 is 17.5 Å². The Labute approximate surface area is 132 Å². The summed E-state index contributed by atoms with van der Waals surface area (Å²) in [4.78, 5) is 23.7. The van der Waals surface area contributed by atoms with Crippen molar-refractivity contribution in [2.75, 3.05) is 13.7 Å². The van der Waals surface area contributed by atoms with Gasteiger partial charge in [0.15, 0.2) is 0 Å². The third-order valence-electron chi connectivity index (χ3n) is 3.00. The molecule has 0 aliphatic heterocycles. The molecular weight excluding hydrogens is 306 g/mol. The highest BCUT2D eigenvalue weighted by Gasteiger charge is 2.10. The number of halogens is 1.